The van der Waals surface area contributed by atoms with Crippen LogP contribution in [0.5, 0.6) is 11.5 Å². The minimum absolute atomic E-state index is 0.276. The van der Waals surface area contributed by atoms with E-state index in [1.807, 2.05) is 32.0 Å². The van der Waals surface area contributed by atoms with Gasteiger partial charge in [-0.1, -0.05) is 13.8 Å². The van der Waals surface area contributed by atoms with E-state index in [-0.39, 0.29) is 17.2 Å². The number of aromatic amines is 1. The molecule has 4 aromatic rings. The van der Waals surface area contributed by atoms with Gasteiger partial charge in [-0.05, 0) is 79.9 Å². The van der Waals surface area contributed by atoms with Gasteiger partial charge in [-0.2, -0.15) is 0 Å². The molecule has 2 heterocycles. The van der Waals surface area contributed by atoms with Gasteiger partial charge in [0, 0.05) is 24.5 Å². The van der Waals surface area contributed by atoms with Gasteiger partial charge in [0.25, 0.3) is 11.5 Å². The number of fused-ring (bicyclic) bond motifs is 1. The molecule has 9 heteroatoms. The zero-order valence-electron chi connectivity index (χ0n) is 21.5. The van der Waals surface area contributed by atoms with E-state index in [1.54, 1.807) is 55.0 Å². The Hall–Kier alpha value is -4.27. The zero-order chi connectivity index (χ0) is 26.5. The van der Waals surface area contributed by atoms with E-state index in [4.69, 9.17) is 9.47 Å². The number of carbonyl (C=O) groups excluding carboxylic acids is 1. The molecule has 2 aromatic carbocycles. The van der Waals surface area contributed by atoms with Crippen molar-refractivity contribution in [3.05, 3.63) is 75.4 Å². The molecule has 0 spiro atoms. The lowest BCUT2D eigenvalue weighted by molar-refractivity contribution is -0.122. The number of aryl methyl sites for hydroxylation is 1. The molecule has 0 saturated carbocycles. The summed E-state index contributed by atoms with van der Waals surface area (Å²) in [5.41, 5.74) is 2.63. The van der Waals surface area contributed by atoms with Crippen LogP contribution >= 0.6 is 0 Å². The second-order valence-corrected chi connectivity index (χ2v) is 8.84. The average molecular weight is 505 g/mol. The molecule has 1 amide bonds. The minimum Gasteiger partial charge on any atom is -0.497 e. The Bertz CT molecular complexity index is 1500. The van der Waals surface area contributed by atoms with Crippen LogP contribution in [0.15, 0.2) is 64.2 Å². The molecule has 4 rings (SSSR count). The number of ether oxygens (including phenoxy) is 2. The number of hydrogen-bond donors (Lipinski definition) is 2. The van der Waals surface area contributed by atoms with Crippen molar-refractivity contribution in [2.24, 2.45) is 0 Å². The van der Waals surface area contributed by atoms with Gasteiger partial charge in [0.2, 0.25) is 0 Å². The highest BCUT2D eigenvalue weighted by Crippen LogP contribution is 2.25. The summed E-state index contributed by atoms with van der Waals surface area (Å²) in [7, 11) is 1.58. The van der Waals surface area contributed by atoms with E-state index in [9.17, 15) is 14.4 Å². The Kier molecular flexibility index (Phi) is 7.81. The van der Waals surface area contributed by atoms with Crippen LogP contribution in [0, 0.1) is 0 Å². The Morgan fingerprint density at radius 2 is 1.57 bits per heavy atom. The molecule has 1 unspecified atom stereocenters. The van der Waals surface area contributed by atoms with E-state index < -0.39 is 6.10 Å². The van der Waals surface area contributed by atoms with Crippen LogP contribution in [0.1, 0.15) is 33.6 Å². The quantitative estimate of drug-likeness (QED) is 0.333. The SMILES string of the molecule is CCCn1c(=O)c2[nH]c(-c3ccc(OC(C)C(=O)Nc4ccc(OC)cc4)cc3)cc2n(CCC)c1=O. The molecule has 0 aliphatic rings. The van der Waals surface area contributed by atoms with E-state index >= 15 is 0 Å². The number of benzene rings is 2. The van der Waals surface area contributed by atoms with Crippen LogP contribution in [0.4, 0.5) is 5.69 Å². The second-order valence-electron chi connectivity index (χ2n) is 8.84. The van der Waals surface area contributed by atoms with Crippen molar-refractivity contribution in [1.29, 1.82) is 0 Å². The van der Waals surface area contributed by atoms with Gasteiger partial charge in [0.15, 0.2) is 6.10 Å². The van der Waals surface area contributed by atoms with Gasteiger partial charge in [0.05, 0.1) is 12.6 Å². The summed E-state index contributed by atoms with van der Waals surface area (Å²) in [5.74, 6) is 0.963. The van der Waals surface area contributed by atoms with Crippen molar-refractivity contribution in [2.45, 2.75) is 52.8 Å². The van der Waals surface area contributed by atoms with Crippen LogP contribution in [0.3, 0.4) is 0 Å². The number of H-pyrrole nitrogens is 1. The van der Waals surface area contributed by atoms with Crippen LogP contribution < -0.4 is 26.0 Å². The Balaban J connectivity index is 1.53. The van der Waals surface area contributed by atoms with Gasteiger partial charge in [-0.3, -0.25) is 18.7 Å². The van der Waals surface area contributed by atoms with Crippen molar-refractivity contribution in [2.75, 3.05) is 12.4 Å². The third-order valence-corrected chi connectivity index (χ3v) is 6.11. The van der Waals surface area contributed by atoms with Crippen LogP contribution in [0.25, 0.3) is 22.3 Å². The lowest BCUT2D eigenvalue weighted by atomic mass is 10.1. The number of rotatable bonds is 10. The highest BCUT2D eigenvalue weighted by Gasteiger charge is 2.17. The second kappa shape index (κ2) is 11.2. The summed E-state index contributed by atoms with van der Waals surface area (Å²) in [6, 6.07) is 16.1. The summed E-state index contributed by atoms with van der Waals surface area (Å²) >= 11 is 0. The van der Waals surface area contributed by atoms with E-state index in [1.165, 1.54) is 4.57 Å². The minimum atomic E-state index is -0.721. The van der Waals surface area contributed by atoms with Gasteiger partial charge < -0.3 is 19.8 Å². The molecule has 1 atom stereocenters. The molecule has 0 bridgehead atoms. The summed E-state index contributed by atoms with van der Waals surface area (Å²) in [6.45, 7) is 6.52. The van der Waals surface area contributed by atoms with Gasteiger partial charge in [-0.25, -0.2) is 4.79 Å². The van der Waals surface area contributed by atoms with Crippen LogP contribution in [-0.2, 0) is 17.9 Å². The van der Waals surface area contributed by atoms with Crippen LogP contribution in [0.2, 0.25) is 0 Å². The maximum absolute atomic E-state index is 13.0. The number of aromatic nitrogens is 3. The monoisotopic (exact) mass is 504 g/mol. The molecule has 0 aliphatic carbocycles. The first-order valence-corrected chi connectivity index (χ1v) is 12.4. The smallest absolute Gasteiger partial charge is 0.331 e. The fourth-order valence-corrected chi connectivity index (χ4v) is 4.20. The van der Waals surface area contributed by atoms with Crippen molar-refractivity contribution in [3.63, 3.8) is 0 Å². The lowest BCUT2D eigenvalue weighted by Crippen LogP contribution is -2.39. The normalized spacial score (nSPS) is 11.9. The highest BCUT2D eigenvalue weighted by molar-refractivity contribution is 5.94. The van der Waals surface area contributed by atoms with E-state index in [2.05, 4.69) is 10.3 Å². The highest BCUT2D eigenvalue weighted by atomic mass is 16.5. The molecular weight excluding hydrogens is 472 g/mol. The van der Waals surface area contributed by atoms with Crippen LogP contribution in [-0.4, -0.2) is 33.2 Å². The summed E-state index contributed by atoms with van der Waals surface area (Å²) < 4.78 is 13.9. The largest absolute Gasteiger partial charge is 0.497 e. The Morgan fingerprint density at radius 1 is 0.946 bits per heavy atom. The molecule has 2 N–H and O–H groups in total. The Labute approximate surface area is 214 Å². The zero-order valence-corrected chi connectivity index (χ0v) is 21.5. The number of hydrogen-bond acceptors (Lipinski definition) is 5. The predicted octanol–water partition coefficient (Wildman–Crippen LogP) is 4.39. The number of anilines is 1. The predicted molar refractivity (Wildman–Crippen MR) is 145 cm³/mol. The third kappa shape index (κ3) is 5.45. The number of carbonyl (C=O) groups is 1. The number of methoxy groups -OCH3 is 1. The summed E-state index contributed by atoms with van der Waals surface area (Å²) in [4.78, 5) is 41.7. The van der Waals surface area contributed by atoms with Gasteiger partial charge >= 0.3 is 5.69 Å². The van der Waals surface area contributed by atoms with Gasteiger partial charge in [-0.15, -0.1) is 0 Å². The van der Waals surface area contributed by atoms with E-state index in [0.29, 0.717) is 47.7 Å². The van der Waals surface area contributed by atoms with Gasteiger partial charge in [0.1, 0.15) is 17.0 Å². The summed E-state index contributed by atoms with van der Waals surface area (Å²) in [6.07, 6.45) is 0.746. The standard InChI is InChI=1S/C28H32N4O5/c1-5-15-31-24-17-23(30-25(24)27(34)32(16-6-2)28(31)35)19-7-11-22(12-8-19)37-18(3)26(33)29-20-9-13-21(36-4)14-10-20/h7-14,17-18,30H,5-6,15-16H2,1-4H3,(H,29,33). The molecule has 37 heavy (non-hydrogen) atoms. The fraction of sp³-hybridized carbons (Fsp3) is 0.321. The molecule has 9 nitrogen and oxygen atoms in total. The topological polar surface area (TPSA) is 107 Å². The molecule has 2 aromatic heterocycles. The maximum atomic E-state index is 13.0. The number of nitrogens with one attached hydrogen (secondary N) is 2. The fourth-order valence-electron chi connectivity index (χ4n) is 4.20. The molecule has 0 radical (unpaired) electrons. The molecule has 0 aliphatic heterocycles. The molecule has 0 fully saturated rings. The number of nitrogens with zero attached hydrogens (tertiary/aromatic N) is 2. The van der Waals surface area contributed by atoms with E-state index in [0.717, 1.165) is 17.7 Å². The molecule has 194 valence electrons. The van der Waals surface area contributed by atoms with Crippen molar-refractivity contribution >= 4 is 22.6 Å². The maximum Gasteiger partial charge on any atom is 0.331 e. The molecule has 0 saturated heterocycles. The van der Waals surface area contributed by atoms with Crippen molar-refractivity contribution < 1.29 is 14.3 Å². The summed E-state index contributed by atoms with van der Waals surface area (Å²) in [5, 5.41) is 2.82. The Morgan fingerprint density at radius 3 is 2.19 bits per heavy atom. The number of amides is 1. The van der Waals surface area contributed by atoms with Crippen molar-refractivity contribution in [3.8, 4) is 22.8 Å². The lowest BCUT2D eigenvalue weighted by Gasteiger charge is -2.15. The first kappa shape index (κ1) is 25.8. The van der Waals surface area contributed by atoms with Crippen molar-refractivity contribution in [1.82, 2.24) is 14.1 Å². The first-order valence-electron chi connectivity index (χ1n) is 12.4. The average Bonchev–Trinajstić information content (AvgIpc) is 3.35. The first-order chi connectivity index (χ1) is 17.9. The molecular formula is C28H32N4O5. The third-order valence-electron chi connectivity index (χ3n) is 6.11.